The Morgan fingerprint density at radius 3 is 2.09 bits per heavy atom. The Bertz CT molecular complexity index is 1780. The smallest absolute Gasteiger partial charge is 0.294 e. The third-order valence-electron chi connectivity index (χ3n) is 7.34. The van der Waals surface area contributed by atoms with Crippen molar-refractivity contribution in [3.63, 3.8) is 0 Å². The number of aromatic nitrogens is 1. The van der Waals surface area contributed by atoms with E-state index in [1.807, 2.05) is 30.3 Å². The third-order valence-corrected chi connectivity index (χ3v) is 7.34. The molecule has 0 radical (unpaired) electrons. The fourth-order valence-electron chi connectivity index (χ4n) is 5.08. The third kappa shape index (κ3) is 6.72. The second-order valence-electron chi connectivity index (χ2n) is 10.3. The summed E-state index contributed by atoms with van der Waals surface area (Å²) in [6.45, 7) is 1.25. The fourth-order valence-corrected chi connectivity index (χ4v) is 5.08. The molecule has 0 saturated carbocycles. The first-order chi connectivity index (χ1) is 21.1. The molecule has 44 heavy (non-hydrogen) atoms. The SMILES string of the molecule is O=C(/C=C(\O)c1cc(Cc2cc(F)c(F)c(F)c2)cn(Cc2ccccc2F)c1=O)C(=O)N1CCN(c2ccccc2)CC1. The Hall–Kier alpha value is -5.19. The van der Waals surface area contributed by atoms with Crippen LogP contribution in [0.3, 0.4) is 0 Å². The molecule has 0 aliphatic carbocycles. The number of piperazine rings is 1. The van der Waals surface area contributed by atoms with Gasteiger partial charge in [-0.25, -0.2) is 17.6 Å². The number of rotatable bonds is 8. The van der Waals surface area contributed by atoms with Gasteiger partial charge in [-0.15, -0.1) is 0 Å². The standard InChI is InChI=1S/C33H27F4N3O4/c34-26-9-5-4-6-23(26)20-40-19-22(14-21-16-27(35)31(37)28(36)17-21)15-25(32(40)43)29(41)18-30(42)33(44)39-12-10-38(11-13-39)24-7-2-1-3-8-24/h1-9,15-19,41H,10-14,20H2/b29-18-. The summed E-state index contributed by atoms with van der Waals surface area (Å²) in [4.78, 5) is 42.6. The number of hydrogen-bond acceptors (Lipinski definition) is 5. The first-order valence-corrected chi connectivity index (χ1v) is 13.7. The van der Waals surface area contributed by atoms with Gasteiger partial charge in [0.25, 0.3) is 11.5 Å². The molecule has 1 aliphatic heterocycles. The zero-order valence-corrected chi connectivity index (χ0v) is 23.4. The molecule has 1 fully saturated rings. The maximum atomic E-state index is 14.4. The fraction of sp³-hybridized carbons (Fsp3) is 0.182. The lowest BCUT2D eigenvalue weighted by Crippen LogP contribution is -2.50. The van der Waals surface area contributed by atoms with Gasteiger partial charge in [-0.05, 0) is 53.9 Å². The van der Waals surface area contributed by atoms with Crippen LogP contribution in [0.25, 0.3) is 5.76 Å². The number of hydrogen-bond donors (Lipinski definition) is 1. The van der Waals surface area contributed by atoms with Gasteiger partial charge < -0.3 is 19.5 Å². The Morgan fingerprint density at radius 1 is 0.795 bits per heavy atom. The molecule has 1 saturated heterocycles. The van der Waals surface area contributed by atoms with E-state index in [0.29, 0.717) is 19.2 Å². The second-order valence-corrected chi connectivity index (χ2v) is 10.3. The Balaban J connectivity index is 1.41. The average Bonchev–Trinajstić information content (AvgIpc) is 3.02. The molecule has 0 atom stereocenters. The molecule has 3 aromatic carbocycles. The van der Waals surface area contributed by atoms with Crippen molar-refractivity contribution in [3.8, 4) is 0 Å². The zero-order chi connectivity index (χ0) is 31.4. The number of carbonyl (C=O) groups is 2. The number of ketones is 1. The molecule has 0 bridgehead atoms. The number of halogens is 4. The average molecular weight is 606 g/mol. The summed E-state index contributed by atoms with van der Waals surface area (Å²) >= 11 is 0. The maximum absolute atomic E-state index is 14.4. The van der Waals surface area contributed by atoms with Crippen LogP contribution in [0.4, 0.5) is 23.2 Å². The summed E-state index contributed by atoms with van der Waals surface area (Å²) in [7, 11) is 0. The first-order valence-electron chi connectivity index (χ1n) is 13.7. The number of amides is 1. The lowest BCUT2D eigenvalue weighted by atomic mass is 10.0. The number of carbonyl (C=O) groups excluding carboxylic acids is 2. The van der Waals surface area contributed by atoms with Crippen molar-refractivity contribution >= 4 is 23.1 Å². The highest BCUT2D eigenvalue weighted by Crippen LogP contribution is 2.20. The van der Waals surface area contributed by atoms with E-state index in [4.69, 9.17) is 0 Å². The molecule has 1 aromatic heterocycles. The van der Waals surface area contributed by atoms with Crippen LogP contribution in [-0.4, -0.2) is 52.4 Å². The van der Waals surface area contributed by atoms with E-state index in [1.54, 1.807) is 6.07 Å². The molecule has 0 unspecified atom stereocenters. The molecule has 1 aliphatic rings. The molecule has 1 amide bonds. The predicted molar refractivity (Wildman–Crippen MR) is 156 cm³/mol. The lowest BCUT2D eigenvalue weighted by molar-refractivity contribution is -0.142. The van der Waals surface area contributed by atoms with Crippen LogP contribution in [-0.2, 0) is 22.6 Å². The Morgan fingerprint density at radius 2 is 1.43 bits per heavy atom. The van der Waals surface area contributed by atoms with Crippen LogP contribution >= 0.6 is 0 Å². The molecular formula is C33H27F4N3O4. The van der Waals surface area contributed by atoms with Crippen molar-refractivity contribution in [2.45, 2.75) is 13.0 Å². The number of aliphatic hydroxyl groups excluding tert-OH is 1. The van der Waals surface area contributed by atoms with Crippen LogP contribution in [0.2, 0.25) is 0 Å². The zero-order valence-electron chi connectivity index (χ0n) is 23.4. The van der Waals surface area contributed by atoms with Crippen LogP contribution in [0.1, 0.15) is 22.3 Å². The number of nitrogens with zero attached hydrogens (tertiary/aromatic N) is 3. The monoisotopic (exact) mass is 605 g/mol. The van der Waals surface area contributed by atoms with Crippen molar-refractivity contribution in [3.05, 3.63) is 141 Å². The Kier molecular flexibility index (Phi) is 8.94. The van der Waals surface area contributed by atoms with Crippen LogP contribution in [0, 0.1) is 23.3 Å². The molecule has 4 aromatic rings. The largest absolute Gasteiger partial charge is 0.507 e. The van der Waals surface area contributed by atoms with E-state index in [0.717, 1.165) is 22.4 Å². The Labute approximate surface area is 249 Å². The van der Waals surface area contributed by atoms with E-state index in [-0.39, 0.29) is 42.7 Å². The van der Waals surface area contributed by atoms with Gasteiger partial charge in [-0.2, -0.15) is 0 Å². The normalized spacial score (nSPS) is 13.7. The van der Waals surface area contributed by atoms with Gasteiger partial charge in [0, 0.05) is 49.7 Å². The maximum Gasteiger partial charge on any atom is 0.294 e. The van der Waals surface area contributed by atoms with E-state index in [9.17, 15) is 37.1 Å². The highest BCUT2D eigenvalue weighted by atomic mass is 19.2. The number of aliphatic hydroxyl groups is 1. The van der Waals surface area contributed by atoms with Gasteiger partial charge in [-0.1, -0.05) is 36.4 Å². The van der Waals surface area contributed by atoms with Crippen LogP contribution in [0.15, 0.2) is 89.9 Å². The van der Waals surface area contributed by atoms with Crippen molar-refractivity contribution in [2.24, 2.45) is 0 Å². The molecule has 11 heteroatoms. The summed E-state index contributed by atoms with van der Waals surface area (Å²) in [5.41, 5.74) is 0.183. The van der Waals surface area contributed by atoms with Gasteiger partial charge in [0.05, 0.1) is 12.1 Å². The summed E-state index contributed by atoms with van der Waals surface area (Å²) in [5, 5.41) is 10.9. The number of anilines is 1. The molecule has 7 nitrogen and oxygen atoms in total. The molecule has 2 heterocycles. The van der Waals surface area contributed by atoms with E-state index in [1.165, 1.54) is 35.4 Å². The molecule has 226 valence electrons. The van der Waals surface area contributed by atoms with Crippen LogP contribution < -0.4 is 10.5 Å². The van der Waals surface area contributed by atoms with Crippen molar-refractivity contribution in [1.82, 2.24) is 9.47 Å². The minimum absolute atomic E-state index is 0.0211. The van der Waals surface area contributed by atoms with Gasteiger partial charge >= 0.3 is 0 Å². The first kappa shape index (κ1) is 30.3. The van der Waals surface area contributed by atoms with Gasteiger partial charge in [0.1, 0.15) is 11.6 Å². The van der Waals surface area contributed by atoms with Crippen molar-refractivity contribution in [2.75, 3.05) is 31.1 Å². The van der Waals surface area contributed by atoms with Crippen molar-refractivity contribution in [1.29, 1.82) is 0 Å². The summed E-state index contributed by atoms with van der Waals surface area (Å²) in [6.07, 6.45) is 1.76. The lowest BCUT2D eigenvalue weighted by Gasteiger charge is -2.35. The van der Waals surface area contributed by atoms with Crippen LogP contribution in [0.5, 0.6) is 0 Å². The summed E-state index contributed by atoms with van der Waals surface area (Å²) < 4.78 is 56.7. The van der Waals surface area contributed by atoms with E-state index in [2.05, 4.69) is 4.90 Å². The van der Waals surface area contributed by atoms with Gasteiger partial charge in [0.2, 0.25) is 5.78 Å². The quantitative estimate of drug-likeness (QED) is 0.102. The number of para-hydroxylation sites is 1. The molecular weight excluding hydrogens is 578 g/mol. The van der Waals surface area contributed by atoms with Crippen molar-refractivity contribution < 1.29 is 32.3 Å². The number of pyridine rings is 1. The van der Waals surface area contributed by atoms with E-state index < -0.39 is 51.8 Å². The molecule has 5 rings (SSSR count). The molecule has 1 N–H and O–H groups in total. The molecule has 0 spiro atoms. The predicted octanol–water partition coefficient (Wildman–Crippen LogP) is 4.86. The summed E-state index contributed by atoms with van der Waals surface area (Å²) in [6, 6.07) is 18.1. The highest BCUT2D eigenvalue weighted by Gasteiger charge is 2.26. The summed E-state index contributed by atoms with van der Waals surface area (Å²) in [5.74, 6) is -7.76. The topological polar surface area (TPSA) is 82.8 Å². The minimum Gasteiger partial charge on any atom is -0.507 e. The van der Waals surface area contributed by atoms with Gasteiger partial charge in [0.15, 0.2) is 17.5 Å². The van der Waals surface area contributed by atoms with Gasteiger partial charge in [-0.3, -0.25) is 14.4 Å². The highest BCUT2D eigenvalue weighted by molar-refractivity contribution is 6.41. The number of benzene rings is 3. The second kappa shape index (κ2) is 13.0. The minimum atomic E-state index is -1.64. The van der Waals surface area contributed by atoms with E-state index >= 15 is 0 Å².